The van der Waals surface area contributed by atoms with E-state index in [9.17, 15) is 0 Å². The van der Waals surface area contributed by atoms with Gasteiger partial charge in [-0.2, -0.15) is 0 Å². The van der Waals surface area contributed by atoms with E-state index in [1.54, 1.807) is 18.9 Å². The Bertz CT molecular complexity index is 502. The molecule has 1 aromatic carbocycles. The fourth-order valence-electron chi connectivity index (χ4n) is 1.67. The van der Waals surface area contributed by atoms with Crippen LogP contribution in [0.4, 0.5) is 0 Å². The smallest absolute Gasteiger partial charge is 0.123 e. The van der Waals surface area contributed by atoms with Crippen LogP contribution >= 0.6 is 11.8 Å². The first-order valence-corrected chi connectivity index (χ1v) is 6.71. The maximum Gasteiger partial charge on any atom is 0.123 e. The zero-order valence-corrected chi connectivity index (χ0v) is 11.1. The Morgan fingerprint density at radius 2 is 2.17 bits per heavy atom. The average Bonchev–Trinajstić information content (AvgIpc) is 2.45. The molecule has 0 aliphatic carbocycles. The van der Waals surface area contributed by atoms with Gasteiger partial charge in [0.15, 0.2) is 0 Å². The standard InChI is InChI=1S/C14H16N2OS/c1-17-13-6-5-11(8-12(13)9-15)10-18-14-4-2-3-7-16-14/h2-8H,9-10,15H2,1H3. The van der Waals surface area contributed by atoms with E-state index in [0.717, 1.165) is 22.1 Å². The molecule has 1 heterocycles. The zero-order valence-electron chi connectivity index (χ0n) is 10.3. The van der Waals surface area contributed by atoms with Crippen molar-refractivity contribution < 1.29 is 4.74 Å². The summed E-state index contributed by atoms with van der Waals surface area (Å²) in [5.41, 5.74) is 7.97. The number of rotatable bonds is 5. The van der Waals surface area contributed by atoms with Gasteiger partial charge in [0.05, 0.1) is 12.1 Å². The van der Waals surface area contributed by atoms with Gasteiger partial charge in [-0.15, -0.1) is 11.8 Å². The zero-order chi connectivity index (χ0) is 12.8. The monoisotopic (exact) mass is 260 g/mol. The van der Waals surface area contributed by atoms with Crippen LogP contribution in [0.25, 0.3) is 0 Å². The van der Waals surface area contributed by atoms with E-state index in [1.165, 1.54) is 5.56 Å². The molecule has 0 bridgehead atoms. The first kappa shape index (κ1) is 12.9. The van der Waals surface area contributed by atoms with Crippen molar-refractivity contribution in [2.45, 2.75) is 17.3 Å². The average molecular weight is 260 g/mol. The van der Waals surface area contributed by atoms with Crippen LogP contribution in [0.3, 0.4) is 0 Å². The minimum absolute atomic E-state index is 0.491. The summed E-state index contributed by atoms with van der Waals surface area (Å²) in [6.07, 6.45) is 1.81. The summed E-state index contributed by atoms with van der Waals surface area (Å²) in [5.74, 6) is 1.73. The molecule has 94 valence electrons. The van der Waals surface area contributed by atoms with Crippen molar-refractivity contribution in [3.05, 3.63) is 53.7 Å². The second-order valence-corrected chi connectivity index (χ2v) is 4.80. The quantitative estimate of drug-likeness (QED) is 0.840. The van der Waals surface area contributed by atoms with Crippen molar-refractivity contribution in [3.8, 4) is 5.75 Å². The van der Waals surface area contributed by atoms with Crippen LogP contribution in [0, 0.1) is 0 Å². The molecule has 0 amide bonds. The highest BCUT2D eigenvalue weighted by Crippen LogP contribution is 2.24. The van der Waals surface area contributed by atoms with Crippen molar-refractivity contribution in [2.24, 2.45) is 5.73 Å². The minimum Gasteiger partial charge on any atom is -0.496 e. The molecular weight excluding hydrogens is 244 g/mol. The number of nitrogens with two attached hydrogens (primary N) is 1. The first-order chi connectivity index (χ1) is 8.83. The SMILES string of the molecule is COc1ccc(CSc2ccccn2)cc1CN. The lowest BCUT2D eigenvalue weighted by Crippen LogP contribution is -2.00. The summed E-state index contributed by atoms with van der Waals surface area (Å²) in [6, 6.07) is 12.1. The summed E-state index contributed by atoms with van der Waals surface area (Å²) in [6.45, 7) is 0.491. The number of ether oxygens (including phenoxy) is 1. The van der Waals surface area contributed by atoms with Crippen LogP contribution < -0.4 is 10.5 Å². The van der Waals surface area contributed by atoms with Gasteiger partial charge in [-0.05, 0) is 29.8 Å². The number of hydrogen-bond donors (Lipinski definition) is 1. The molecule has 3 nitrogen and oxygen atoms in total. The molecule has 0 saturated heterocycles. The van der Waals surface area contributed by atoms with Crippen LogP contribution in [-0.4, -0.2) is 12.1 Å². The van der Waals surface area contributed by atoms with Crippen LogP contribution in [0.5, 0.6) is 5.75 Å². The maximum absolute atomic E-state index is 5.70. The third-order valence-electron chi connectivity index (χ3n) is 2.59. The molecule has 2 N–H and O–H groups in total. The van der Waals surface area contributed by atoms with Crippen molar-refractivity contribution >= 4 is 11.8 Å². The van der Waals surface area contributed by atoms with Crippen LogP contribution in [0.15, 0.2) is 47.6 Å². The second kappa shape index (κ2) is 6.42. The number of methoxy groups -OCH3 is 1. The predicted molar refractivity (Wildman–Crippen MR) is 74.7 cm³/mol. The van der Waals surface area contributed by atoms with Gasteiger partial charge in [0, 0.05) is 24.1 Å². The van der Waals surface area contributed by atoms with Crippen molar-refractivity contribution in [3.63, 3.8) is 0 Å². The van der Waals surface area contributed by atoms with Crippen molar-refractivity contribution in [1.29, 1.82) is 0 Å². The Kier molecular flexibility index (Phi) is 4.61. The molecule has 0 unspecified atom stereocenters. The van der Waals surface area contributed by atoms with Crippen LogP contribution in [0.2, 0.25) is 0 Å². The van der Waals surface area contributed by atoms with Crippen LogP contribution in [-0.2, 0) is 12.3 Å². The summed E-state index contributed by atoms with van der Waals surface area (Å²) >= 11 is 1.71. The lowest BCUT2D eigenvalue weighted by atomic mass is 10.1. The molecule has 0 radical (unpaired) electrons. The summed E-state index contributed by atoms with van der Waals surface area (Å²) in [4.78, 5) is 4.28. The molecule has 0 atom stereocenters. The second-order valence-electron chi connectivity index (χ2n) is 3.81. The van der Waals surface area contributed by atoms with Gasteiger partial charge in [0.1, 0.15) is 5.75 Å². The number of pyridine rings is 1. The van der Waals surface area contributed by atoms with E-state index in [4.69, 9.17) is 10.5 Å². The Morgan fingerprint density at radius 1 is 1.28 bits per heavy atom. The van der Waals surface area contributed by atoms with E-state index >= 15 is 0 Å². The lowest BCUT2D eigenvalue weighted by molar-refractivity contribution is 0.409. The number of hydrogen-bond acceptors (Lipinski definition) is 4. The molecule has 0 aliphatic heterocycles. The maximum atomic E-state index is 5.70. The molecule has 2 rings (SSSR count). The third kappa shape index (κ3) is 3.24. The minimum atomic E-state index is 0.491. The molecule has 0 aliphatic rings. The fraction of sp³-hybridized carbons (Fsp3) is 0.214. The van der Waals surface area contributed by atoms with Gasteiger partial charge >= 0.3 is 0 Å². The van der Waals surface area contributed by atoms with Crippen LogP contribution in [0.1, 0.15) is 11.1 Å². The predicted octanol–water partition coefficient (Wildman–Crippen LogP) is 2.84. The third-order valence-corrected chi connectivity index (χ3v) is 3.60. The fourth-order valence-corrected chi connectivity index (χ4v) is 2.48. The Balaban J connectivity index is 2.06. The molecular formula is C14H16N2OS. The number of nitrogens with zero attached hydrogens (tertiary/aromatic N) is 1. The molecule has 4 heteroatoms. The Labute approximate surface area is 111 Å². The topological polar surface area (TPSA) is 48.1 Å². The van der Waals surface area contributed by atoms with Gasteiger partial charge in [0.25, 0.3) is 0 Å². The molecule has 18 heavy (non-hydrogen) atoms. The van der Waals surface area contributed by atoms with Gasteiger partial charge < -0.3 is 10.5 Å². The molecule has 0 saturated carbocycles. The van der Waals surface area contributed by atoms with E-state index in [0.29, 0.717) is 6.54 Å². The summed E-state index contributed by atoms with van der Waals surface area (Å²) in [5, 5.41) is 1.03. The number of benzene rings is 1. The van der Waals surface area contributed by atoms with Crippen molar-refractivity contribution in [2.75, 3.05) is 7.11 Å². The highest BCUT2D eigenvalue weighted by molar-refractivity contribution is 7.98. The highest BCUT2D eigenvalue weighted by Gasteiger charge is 2.03. The largest absolute Gasteiger partial charge is 0.496 e. The summed E-state index contributed by atoms with van der Waals surface area (Å²) < 4.78 is 5.25. The van der Waals surface area contributed by atoms with Crippen molar-refractivity contribution in [1.82, 2.24) is 4.98 Å². The lowest BCUT2D eigenvalue weighted by Gasteiger charge is -2.08. The Morgan fingerprint density at radius 3 is 2.83 bits per heavy atom. The summed E-state index contributed by atoms with van der Waals surface area (Å²) in [7, 11) is 1.66. The van der Waals surface area contributed by atoms with E-state index in [-0.39, 0.29) is 0 Å². The molecule has 0 fully saturated rings. The van der Waals surface area contributed by atoms with Gasteiger partial charge in [-0.3, -0.25) is 0 Å². The number of thioether (sulfide) groups is 1. The molecule has 0 spiro atoms. The van der Waals surface area contributed by atoms with E-state index < -0.39 is 0 Å². The van der Waals surface area contributed by atoms with Gasteiger partial charge in [0.2, 0.25) is 0 Å². The van der Waals surface area contributed by atoms with Gasteiger partial charge in [-0.25, -0.2) is 4.98 Å². The number of aromatic nitrogens is 1. The Hall–Kier alpha value is -1.52. The van der Waals surface area contributed by atoms with E-state index in [2.05, 4.69) is 17.1 Å². The molecule has 1 aromatic heterocycles. The molecule has 2 aromatic rings. The van der Waals surface area contributed by atoms with Gasteiger partial charge in [-0.1, -0.05) is 12.1 Å². The normalized spacial score (nSPS) is 10.3. The first-order valence-electron chi connectivity index (χ1n) is 5.73. The highest BCUT2D eigenvalue weighted by atomic mass is 32.2. The van der Waals surface area contributed by atoms with E-state index in [1.807, 2.05) is 30.5 Å².